The zero-order chi connectivity index (χ0) is 11.8. The zero-order valence-electron chi connectivity index (χ0n) is 10.1. The molecule has 0 bridgehead atoms. The van der Waals surface area contributed by atoms with Crippen molar-refractivity contribution in [1.82, 2.24) is 15.0 Å². The van der Waals surface area contributed by atoms with Gasteiger partial charge >= 0.3 is 0 Å². The molecule has 0 saturated carbocycles. The minimum atomic E-state index is 0.285. The third-order valence-electron chi connectivity index (χ3n) is 2.43. The second-order valence-corrected chi connectivity index (χ2v) is 3.98. The summed E-state index contributed by atoms with van der Waals surface area (Å²) in [6.45, 7) is 3.98. The molecule has 0 aromatic carbocycles. The molecule has 0 aliphatic heterocycles. The summed E-state index contributed by atoms with van der Waals surface area (Å²) in [6.07, 6.45) is 3.84. The molecule has 5 heteroatoms. The molecule has 0 spiro atoms. The van der Waals surface area contributed by atoms with Gasteiger partial charge in [-0.3, -0.25) is 4.90 Å². The third kappa shape index (κ3) is 4.72. The summed E-state index contributed by atoms with van der Waals surface area (Å²) >= 11 is 0. The van der Waals surface area contributed by atoms with Crippen LogP contribution in [0.4, 0.5) is 0 Å². The van der Waals surface area contributed by atoms with E-state index in [1.165, 1.54) is 0 Å². The lowest BCUT2D eigenvalue weighted by Gasteiger charge is -2.13. The van der Waals surface area contributed by atoms with E-state index >= 15 is 0 Å². The van der Waals surface area contributed by atoms with E-state index in [2.05, 4.69) is 15.0 Å². The molecule has 16 heavy (non-hydrogen) atoms. The number of hydrogen-bond acceptors (Lipinski definition) is 5. The van der Waals surface area contributed by atoms with Gasteiger partial charge in [0.05, 0.1) is 6.54 Å². The average molecular weight is 227 g/mol. The van der Waals surface area contributed by atoms with Crippen LogP contribution in [0.15, 0.2) is 4.52 Å². The van der Waals surface area contributed by atoms with E-state index in [-0.39, 0.29) is 6.61 Å². The van der Waals surface area contributed by atoms with Crippen LogP contribution in [-0.2, 0) is 13.0 Å². The van der Waals surface area contributed by atoms with E-state index in [4.69, 9.17) is 9.63 Å². The van der Waals surface area contributed by atoms with Crippen LogP contribution < -0.4 is 0 Å². The van der Waals surface area contributed by atoms with Crippen LogP contribution in [0.3, 0.4) is 0 Å². The topological polar surface area (TPSA) is 62.4 Å². The largest absolute Gasteiger partial charge is 0.396 e. The Morgan fingerprint density at radius 1 is 1.31 bits per heavy atom. The van der Waals surface area contributed by atoms with Gasteiger partial charge in [0.25, 0.3) is 0 Å². The molecule has 5 nitrogen and oxygen atoms in total. The van der Waals surface area contributed by atoms with Crippen LogP contribution in [0.2, 0.25) is 0 Å². The Labute approximate surface area is 96.5 Å². The highest BCUT2D eigenvalue weighted by Gasteiger charge is 2.07. The van der Waals surface area contributed by atoms with E-state index in [9.17, 15) is 0 Å². The van der Waals surface area contributed by atoms with E-state index < -0.39 is 0 Å². The van der Waals surface area contributed by atoms with Gasteiger partial charge in [0.15, 0.2) is 5.82 Å². The van der Waals surface area contributed by atoms with E-state index in [0.717, 1.165) is 38.1 Å². The summed E-state index contributed by atoms with van der Waals surface area (Å²) in [6, 6.07) is 0. The molecule has 0 amide bonds. The first-order chi connectivity index (χ1) is 7.76. The van der Waals surface area contributed by atoms with Gasteiger partial charge < -0.3 is 9.63 Å². The Morgan fingerprint density at radius 2 is 2.12 bits per heavy atom. The van der Waals surface area contributed by atoms with Crippen molar-refractivity contribution in [2.75, 3.05) is 20.2 Å². The summed E-state index contributed by atoms with van der Waals surface area (Å²) in [5.41, 5.74) is 0. The number of aliphatic hydroxyl groups is 1. The van der Waals surface area contributed by atoms with Gasteiger partial charge in [0, 0.05) is 13.0 Å². The lowest BCUT2D eigenvalue weighted by molar-refractivity contribution is 0.251. The summed E-state index contributed by atoms with van der Waals surface area (Å²) < 4.78 is 5.11. The molecule has 1 aromatic heterocycles. The van der Waals surface area contributed by atoms with Gasteiger partial charge in [-0.25, -0.2) is 0 Å². The van der Waals surface area contributed by atoms with Gasteiger partial charge in [-0.05, 0) is 32.9 Å². The number of nitrogens with zero attached hydrogens (tertiary/aromatic N) is 3. The van der Waals surface area contributed by atoms with Crippen LogP contribution in [0.5, 0.6) is 0 Å². The number of unbranched alkanes of at least 4 members (excludes halogenated alkanes) is 2. The van der Waals surface area contributed by atoms with Crippen molar-refractivity contribution in [2.45, 2.75) is 39.2 Å². The highest BCUT2D eigenvalue weighted by Crippen LogP contribution is 2.03. The number of rotatable bonds is 8. The maximum atomic E-state index is 8.65. The number of aromatic nitrogens is 2. The molecule has 0 fully saturated rings. The van der Waals surface area contributed by atoms with Crippen LogP contribution in [0, 0.1) is 0 Å². The van der Waals surface area contributed by atoms with Crippen molar-refractivity contribution in [2.24, 2.45) is 0 Å². The van der Waals surface area contributed by atoms with E-state index in [1.807, 2.05) is 14.0 Å². The molecule has 1 N–H and O–H groups in total. The maximum Gasteiger partial charge on any atom is 0.240 e. The van der Waals surface area contributed by atoms with Crippen molar-refractivity contribution < 1.29 is 9.63 Å². The van der Waals surface area contributed by atoms with Gasteiger partial charge in [-0.1, -0.05) is 12.1 Å². The standard InChI is InChI=1S/C11H21N3O2/c1-3-10-12-11(16-13-10)9-14(2)7-5-4-6-8-15/h15H,3-9H2,1-2H3. The first kappa shape index (κ1) is 13.1. The minimum absolute atomic E-state index is 0.285. The van der Waals surface area contributed by atoms with Gasteiger partial charge in [0.2, 0.25) is 5.89 Å². The quantitative estimate of drug-likeness (QED) is 0.677. The molecule has 0 unspecified atom stereocenters. The molecule has 1 aromatic rings. The number of aryl methyl sites for hydroxylation is 1. The lowest BCUT2D eigenvalue weighted by Crippen LogP contribution is -2.19. The second kappa shape index (κ2) is 7.35. The molecule has 0 aliphatic rings. The second-order valence-electron chi connectivity index (χ2n) is 3.98. The molecule has 0 atom stereocenters. The van der Waals surface area contributed by atoms with E-state index in [1.54, 1.807) is 0 Å². The zero-order valence-corrected chi connectivity index (χ0v) is 10.1. The van der Waals surface area contributed by atoms with Crippen molar-refractivity contribution >= 4 is 0 Å². The molecule has 0 radical (unpaired) electrons. The molecule has 92 valence electrons. The summed E-state index contributed by atoms with van der Waals surface area (Å²) in [5, 5.41) is 12.5. The van der Waals surface area contributed by atoms with Crippen LogP contribution in [0.25, 0.3) is 0 Å². The monoisotopic (exact) mass is 227 g/mol. The average Bonchev–Trinajstić information content (AvgIpc) is 2.72. The Kier molecular flexibility index (Phi) is 6.03. The van der Waals surface area contributed by atoms with Crippen LogP contribution >= 0.6 is 0 Å². The first-order valence-electron chi connectivity index (χ1n) is 5.87. The molecule has 0 aliphatic carbocycles. The van der Waals surface area contributed by atoms with Crippen molar-refractivity contribution in [3.8, 4) is 0 Å². The highest BCUT2D eigenvalue weighted by atomic mass is 16.5. The normalized spacial score (nSPS) is 11.2. The smallest absolute Gasteiger partial charge is 0.240 e. The Hall–Kier alpha value is -0.940. The fraction of sp³-hybridized carbons (Fsp3) is 0.818. The number of aliphatic hydroxyl groups excluding tert-OH is 1. The molecular formula is C11H21N3O2. The van der Waals surface area contributed by atoms with Gasteiger partial charge in [-0.15, -0.1) is 0 Å². The van der Waals surface area contributed by atoms with Crippen LogP contribution in [-0.4, -0.2) is 40.3 Å². The predicted molar refractivity (Wildman–Crippen MR) is 60.9 cm³/mol. The van der Waals surface area contributed by atoms with Crippen molar-refractivity contribution in [3.05, 3.63) is 11.7 Å². The summed E-state index contributed by atoms with van der Waals surface area (Å²) in [4.78, 5) is 6.41. The van der Waals surface area contributed by atoms with Gasteiger partial charge in [0.1, 0.15) is 0 Å². The van der Waals surface area contributed by atoms with Crippen molar-refractivity contribution in [1.29, 1.82) is 0 Å². The molecule has 1 heterocycles. The third-order valence-corrected chi connectivity index (χ3v) is 2.43. The number of hydrogen-bond donors (Lipinski definition) is 1. The summed E-state index contributed by atoms with van der Waals surface area (Å²) in [7, 11) is 2.04. The lowest BCUT2D eigenvalue weighted by atomic mass is 10.2. The van der Waals surface area contributed by atoms with Crippen LogP contribution in [0.1, 0.15) is 37.9 Å². The Morgan fingerprint density at radius 3 is 2.75 bits per heavy atom. The maximum absolute atomic E-state index is 8.65. The SMILES string of the molecule is CCc1noc(CN(C)CCCCCO)n1. The highest BCUT2D eigenvalue weighted by molar-refractivity contribution is 4.85. The molecule has 1 rings (SSSR count). The predicted octanol–water partition coefficient (Wildman–Crippen LogP) is 1.23. The van der Waals surface area contributed by atoms with Gasteiger partial charge in [-0.2, -0.15) is 4.98 Å². The fourth-order valence-corrected chi connectivity index (χ4v) is 1.48. The Bertz CT molecular complexity index is 289. The molecule has 0 saturated heterocycles. The first-order valence-corrected chi connectivity index (χ1v) is 5.87. The molecular weight excluding hydrogens is 206 g/mol. The Balaban J connectivity index is 2.20. The summed E-state index contributed by atoms with van der Waals surface area (Å²) in [5.74, 6) is 1.45. The van der Waals surface area contributed by atoms with E-state index in [0.29, 0.717) is 12.4 Å². The minimum Gasteiger partial charge on any atom is -0.396 e. The van der Waals surface area contributed by atoms with Crippen molar-refractivity contribution in [3.63, 3.8) is 0 Å². The fourth-order valence-electron chi connectivity index (χ4n) is 1.48.